The number of piperazine rings is 1. The fourth-order valence-corrected chi connectivity index (χ4v) is 5.44. The molecule has 1 heterocycles. The van der Waals surface area contributed by atoms with Crippen molar-refractivity contribution < 1.29 is 13.2 Å². The summed E-state index contributed by atoms with van der Waals surface area (Å²) in [6.45, 7) is 10.7. The number of benzene rings is 2. The van der Waals surface area contributed by atoms with Crippen LogP contribution in [0.1, 0.15) is 51.1 Å². The van der Waals surface area contributed by atoms with Gasteiger partial charge in [-0.2, -0.15) is 4.31 Å². The Kier molecular flexibility index (Phi) is 7.19. The molecule has 1 aliphatic rings. The summed E-state index contributed by atoms with van der Waals surface area (Å²) in [5.74, 6) is -0.213. The number of rotatable bonds is 6. The van der Waals surface area contributed by atoms with Gasteiger partial charge in [-0.05, 0) is 74.7 Å². The van der Waals surface area contributed by atoms with Crippen LogP contribution in [0.15, 0.2) is 36.4 Å². The Hall–Kier alpha value is -2.22. The molecule has 7 heteroatoms. The van der Waals surface area contributed by atoms with E-state index in [0.717, 1.165) is 24.2 Å². The van der Waals surface area contributed by atoms with E-state index in [1.165, 1.54) is 11.1 Å². The van der Waals surface area contributed by atoms with Crippen LogP contribution >= 0.6 is 0 Å². The number of likely N-dealkylation sites (N-methyl/N-ethyl adjacent to an activating group) is 1. The lowest BCUT2D eigenvalue weighted by atomic mass is 9.96. The Balaban J connectivity index is 1.64. The molecule has 0 bridgehead atoms. The molecule has 168 valence electrons. The average Bonchev–Trinajstić information content (AvgIpc) is 2.71. The van der Waals surface area contributed by atoms with Crippen molar-refractivity contribution in [1.29, 1.82) is 0 Å². The summed E-state index contributed by atoms with van der Waals surface area (Å²) in [5, 5.41) is 3.05. The summed E-state index contributed by atoms with van der Waals surface area (Å²) in [6.07, 6.45) is 0. The Morgan fingerprint density at radius 1 is 0.968 bits per heavy atom. The molecule has 31 heavy (non-hydrogen) atoms. The van der Waals surface area contributed by atoms with Crippen molar-refractivity contribution in [3.8, 4) is 0 Å². The first-order chi connectivity index (χ1) is 14.6. The zero-order chi connectivity index (χ0) is 22.8. The van der Waals surface area contributed by atoms with Crippen LogP contribution in [0.2, 0.25) is 0 Å². The molecule has 0 saturated carbocycles. The van der Waals surface area contributed by atoms with Crippen molar-refractivity contribution in [3.05, 3.63) is 69.8 Å². The second kappa shape index (κ2) is 9.51. The maximum Gasteiger partial charge on any atom is 0.251 e. The number of aryl methyl sites for hydroxylation is 3. The molecule has 1 saturated heterocycles. The van der Waals surface area contributed by atoms with E-state index in [1.54, 1.807) is 28.6 Å². The van der Waals surface area contributed by atoms with Crippen molar-refractivity contribution in [2.45, 2.75) is 39.5 Å². The van der Waals surface area contributed by atoms with Gasteiger partial charge in [-0.15, -0.1) is 0 Å². The molecular weight excluding hydrogens is 410 g/mol. The molecule has 0 aromatic heterocycles. The molecule has 0 unspecified atom stereocenters. The van der Waals surface area contributed by atoms with E-state index in [2.05, 4.69) is 43.1 Å². The zero-order valence-corrected chi connectivity index (χ0v) is 19.9. The minimum absolute atomic E-state index is 0.0448. The molecule has 0 spiro atoms. The molecule has 0 aliphatic carbocycles. The van der Waals surface area contributed by atoms with E-state index in [1.807, 2.05) is 14.0 Å². The Labute approximate surface area is 186 Å². The van der Waals surface area contributed by atoms with E-state index < -0.39 is 10.0 Å². The molecule has 1 aliphatic heterocycles. The van der Waals surface area contributed by atoms with E-state index in [4.69, 9.17) is 0 Å². The first-order valence-electron chi connectivity index (χ1n) is 10.7. The third kappa shape index (κ3) is 5.73. The normalized spacial score (nSPS) is 16.8. The fraction of sp³-hybridized carbons (Fsp3) is 0.458. The number of nitrogens with zero attached hydrogens (tertiary/aromatic N) is 2. The number of carbonyl (C=O) groups is 1. The predicted octanol–water partition coefficient (Wildman–Crippen LogP) is 3.18. The van der Waals surface area contributed by atoms with Crippen LogP contribution in [-0.2, 0) is 15.8 Å². The SMILES string of the molecule is Cc1cc(C)c([C@H](C)NC(=O)c2ccc(CS(=O)(=O)N3CCN(C)CC3)cc2)cc1C. The standard InChI is InChI=1S/C24H33N3O3S/c1-17-14-19(3)23(15-18(17)2)20(4)25-24(28)22-8-6-21(7-9-22)16-31(29,30)27-12-10-26(5)11-13-27/h6-9,14-15,20H,10-13,16H2,1-5H3,(H,25,28)/t20-/m0/s1. The van der Waals surface area contributed by atoms with Crippen LogP contribution in [0.25, 0.3) is 0 Å². The number of amides is 1. The Morgan fingerprint density at radius 3 is 2.16 bits per heavy atom. The molecule has 1 fully saturated rings. The van der Waals surface area contributed by atoms with E-state index >= 15 is 0 Å². The van der Waals surface area contributed by atoms with Crippen LogP contribution in [0.3, 0.4) is 0 Å². The predicted molar refractivity (Wildman–Crippen MR) is 125 cm³/mol. The third-order valence-corrected chi connectivity index (χ3v) is 7.97. The highest BCUT2D eigenvalue weighted by Crippen LogP contribution is 2.22. The third-order valence-electron chi connectivity index (χ3n) is 6.12. The lowest BCUT2D eigenvalue weighted by Gasteiger charge is -2.31. The van der Waals surface area contributed by atoms with Crippen LogP contribution in [0.5, 0.6) is 0 Å². The van der Waals surface area contributed by atoms with Crippen LogP contribution in [0.4, 0.5) is 0 Å². The second-order valence-corrected chi connectivity index (χ2v) is 10.6. The van der Waals surface area contributed by atoms with Crippen LogP contribution in [-0.4, -0.2) is 56.8 Å². The molecule has 2 aromatic rings. The van der Waals surface area contributed by atoms with E-state index in [9.17, 15) is 13.2 Å². The summed E-state index contributed by atoms with van der Waals surface area (Å²) in [5.41, 5.74) is 5.91. The second-order valence-electron chi connectivity index (χ2n) is 8.64. The van der Waals surface area contributed by atoms with Crippen LogP contribution < -0.4 is 5.32 Å². The zero-order valence-electron chi connectivity index (χ0n) is 19.1. The molecule has 1 atom stereocenters. The number of carbonyl (C=O) groups excluding carboxylic acids is 1. The highest BCUT2D eigenvalue weighted by atomic mass is 32.2. The minimum atomic E-state index is -3.35. The van der Waals surface area contributed by atoms with E-state index in [-0.39, 0.29) is 17.7 Å². The summed E-state index contributed by atoms with van der Waals surface area (Å²) in [6, 6.07) is 11.0. The summed E-state index contributed by atoms with van der Waals surface area (Å²) in [7, 11) is -1.36. The monoisotopic (exact) mass is 443 g/mol. The maximum atomic E-state index is 12.7. The van der Waals surface area contributed by atoms with Crippen molar-refractivity contribution in [3.63, 3.8) is 0 Å². The topological polar surface area (TPSA) is 69.7 Å². The minimum Gasteiger partial charge on any atom is -0.346 e. The quantitative estimate of drug-likeness (QED) is 0.745. The Morgan fingerprint density at radius 2 is 1.55 bits per heavy atom. The molecule has 1 N–H and O–H groups in total. The lowest BCUT2D eigenvalue weighted by Crippen LogP contribution is -2.47. The molecule has 0 radical (unpaired) electrons. The van der Waals surface area contributed by atoms with Gasteiger partial charge in [-0.1, -0.05) is 24.3 Å². The van der Waals surface area contributed by atoms with Gasteiger partial charge in [-0.25, -0.2) is 8.42 Å². The Bertz CT molecular complexity index is 1040. The number of hydrogen-bond acceptors (Lipinski definition) is 4. The van der Waals surface area contributed by atoms with Gasteiger partial charge < -0.3 is 10.2 Å². The van der Waals surface area contributed by atoms with Crippen LogP contribution in [0, 0.1) is 20.8 Å². The van der Waals surface area contributed by atoms with Gasteiger partial charge in [0, 0.05) is 31.7 Å². The molecule has 3 rings (SSSR count). The van der Waals surface area contributed by atoms with Gasteiger partial charge in [0.1, 0.15) is 0 Å². The van der Waals surface area contributed by atoms with Crippen molar-refractivity contribution in [1.82, 2.24) is 14.5 Å². The van der Waals surface area contributed by atoms with Crippen molar-refractivity contribution in [2.24, 2.45) is 0 Å². The van der Waals surface area contributed by atoms with Crippen molar-refractivity contribution >= 4 is 15.9 Å². The number of hydrogen-bond donors (Lipinski definition) is 1. The van der Waals surface area contributed by atoms with Gasteiger partial charge in [0.25, 0.3) is 5.91 Å². The van der Waals surface area contributed by atoms with Gasteiger partial charge in [-0.3, -0.25) is 4.79 Å². The highest BCUT2D eigenvalue weighted by molar-refractivity contribution is 7.88. The van der Waals surface area contributed by atoms with Gasteiger partial charge in [0.05, 0.1) is 11.8 Å². The average molecular weight is 444 g/mol. The number of sulfonamides is 1. The highest BCUT2D eigenvalue weighted by Gasteiger charge is 2.26. The van der Waals surface area contributed by atoms with Gasteiger partial charge in [0.2, 0.25) is 10.0 Å². The summed E-state index contributed by atoms with van der Waals surface area (Å²) in [4.78, 5) is 14.8. The van der Waals surface area contributed by atoms with Gasteiger partial charge >= 0.3 is 0 Å². The smallest absolute Gasteiger partial charge is 0.251 e. The first-order valence-corrected chi connectivity index (χ1v) is 12.3. The van der Waals surface area contributed by atoms with E-state index in [0.29, 0.717) is 24.2 Å². The maximum absolute atomic E-state index is 12.7. The molecule has 6 nitrogen and oxygen atoms in total. The van der Waals surface area contributed by atoms with Gasteiger partial charge in [0.15, 0.2) is 0 Å². The molecule has 1 amide bonds. The summed E-state index contributed by atoms with van der Waals surface area (Å²) < 4.78 is 26.9. The summed E-state index contributed by atoms with van der Waals surface area (Å²) >= 11 is 0. The van der Waals surface area contributed by atoms with Crippen molar-refractivity contribution in [2.75, 3.05) is 33.2 Å². The molecule has 2 aromatic carbocycles. The first kappa shape index (κ1) is 23.4. The molecular formula is C24H33N3O3S. The largest absolute Gasteiger partial charge is 0.346 e. The number of nitrogens with one attached hydrogen (secondary N) is 1. The fourth-order valence-electron chi connectivity index (χ4n) is 3.93. The lowest BCUT2D eigenvalue weighted by molar-refractivity contribution is 0.0940.